The van der Waals surface area contributed by atoms with Crippen LogP contribution in [0.15, 0.2) is 23.3 Å². The number of morpholine rings is 1. The number of aromatic nitrogens is 1. The Hall–Kier alpha value is -1.17. The van der Waals surface area contributed by atoms with E-state index in [4.69, 9.17) is 4.74 Å². The van der Waals surface area contributed by atoms with Crippen molar-refractivity contribution in [1.82, 2.24) is 25.4 Å². The third-order valence-electron chi connectivity index (χ3n) is 5.90. The van der Waals surface area contributed by atoms with Crippen LogP contribution in [0.4, 0.5) is 5.82 Å². The van der Waals surface area contributed by atoms with Crippen molar-refractivity contribution >= 4 is 35.8 Å². The highest BCUT2D eigenvalue weighted by atomic mass is 127. The number of anilines is 1. The topological polar surface area (TPSA) is 68.3 Å². The number of aliphatic imine (C=N–C) groups is 1. The number of halogens is 1. The van der Waals surface area contributed by atoms with Crippen molar-refractivity contribution < 1.29 is 4.74 Å². The molecule has 2 fully saturated rings. The lowest BCUT2D eigenvalue weighted by atomic mass is 10.0. The average Bonchev–Trinajstić information content (AvgIpc) is 2.75. The summed E-state index contributed by atoms with van der Waals surface area (Å²) >= 11 is 0. The molecule has 0 atom stereocenters. The predicted molar refractivity (Wildman–Crippen MR) is 134 cm³/mol. The second-order valence-corrected chi connectivity index (χ2v) is 8.47. The molecule has 3 heterocycles. The summed E-state index contributed by atoms with van der Waals surface area (Å²) in [5.41, 5.74) is 1.24. The van der Waals surface area contributed by atoms with Gasteiger partial charge in [0.2, 0.25) is 0 Å². The molecule has 0 bridgehead atoms. The Labute approximate surface area is 198 Å². The Bertz CT molecular complexity index is 671. The van der Waals surface area contributed by atoms with E-state index in [-0.39, 0.29) is 29.5 Å². The molecule has 30 heavy (non-hydrogen) atoms. The third-order valence-corrected chi connectivity index (χ3v) is 5.90. The Morgan fingerprint density at radius 1 is 1.13 bits per heavy atom. The lowest BCUT2D eigenvalue weighted by molar-refractivity contribution is -0.00834. The van der Waals surface area contributed by atoms with Crippen LogP contribution in [0.2, 0.25) is 0 Å². The molecule has 2 N–H and O–H groups in total. The van der Waals surface area contributed by atoms with Gasteiger partial charge in [0.25, 0.3) is 0 Å². The molecular weight excluding hydrogens is 493 g/mol. The number of nitrogens with zero attached hydrogens (tertiary/aromatic N) is 5. The Kier molecular flexibility index (Phi) is 10.1. The Morgan fingerprint density at radius 3 is 2.50 bits per heavy atom. The van der Waals surface area contributed by atoms with Crippen LogP contribution in [0.1, 0.15) is 19.4 Å². The highest BCUT2D eigenvalue weighted by molar-refractivity contribution is 14.0. The molecule has 0 unspecified atom stereocenters. The van der Waals surface area contributed by atoms with Gasteiger partial charge in [-0.25, -0.2) is 4.98 Å². The van der Waals surface area contributed by atoms with E-state index >= 15 is 0 Å². The van der Waals surface area contributed by atoms with Crippen molar-refractivity contribution in [1.29, 1.82) is 0 Å². The zero-order valence-electron chi connectivity index (χ0n) is 18.9. The number of piperazine rings is 1. The Morgan fingerprint density at radius 2 is 1.83 bits per heavy atom. The van der Waals surface area contributed by atoms with E-state index in [1.54, 1.807) is 0 Å². The summed E-state index contributed by atoms with van der Waals surface area (Å²) in [6, 6.07) is 4.16. The molecule has 0 spiro atoms. The second-order valence-electron chi connectivity index (χ2n) is 8.47. The van der Waals surface area contributed by atoms with Gasteiger partial charge in [-0.2, -0.15) is 0 Å². The molecular formula is C21H38IN7O. The maximum Gasteiger partial charge on any atom is 0.191 e. The average molecular weight is 531 g/mol. The van der Waals surface area contributed by atoms with Crippen LogP contribution < -0.4 is 15.5 Å². The summed E-state index contributed by atoms with van der Waals surface area (Å²) in [4.78, 5) is 16.3. The first-order valence-corrected chi connectivity index (χ1v) is 10.6. The van der Waals surface area contributed by atoms with Gasteiger partial charge in [-0.1, -0.05) is 6.07 Å². The number of nitrogens with one attached hydrogen (secondary N) is 2. The summed E-state index contributed by atoms with van der Waals surface area (Å²) in [6.45, 7) is 13.8. The van der Waals surface area contributed by atoms with Crippen molar-refractivity contribution in [3.8, 4) is 0 Å². The van der Waals surface area contributed by atoms with Crippen LogP contribution in [0.3, 0.4) is 0 Å². The molecule has 2 aliphatic heterocycles. The number of hydrogen-bond donors (Lipinski definition) is 2. The van der Waals surface area contributed by atoms with Gasteiger partial charge in [0.05, 0.1) is 13.2 Å². The number of hydrogen-bond acceptors (Lipinski definition) is 6. The highest BCUT2D eigenvalue weighted by Crippen LogP contribution is 2.19. The van der Waals surface area contributed by atoms with E-state index in [0.29, 0.717) is 6.54 Å². The molecule has 0 saturated carbocycles. The Balaban J connectivity index is 0.00000320. The molecule has 2 saturated heterocycles. The largest absolute Gasteiger partial charge is 0.379 e. The first-order chi connectivity index (χ1) is 14.0. The molecule has 8 nitrogen and oxygen atoms in total. The first kappa shape index (κ1) is 25.1. The summed E-state index contributed by atoms with van der Waals surface area (Å²) in [5.74, 6) is 1.90. The van der Waals surface area contributed by atoms with E-state index in [1.807, 2.05) is 19.3 Å². The summed E-state index contributed by atoms with van der Waals surface area (Å²) in [7, 11) is 3.99. The second kappa shape index (κ2) is 12.0. The van der Waals surface area contributed by atoms with Gasteiger partial charge in [0.15, 0.2) is 5.96 Å². The lowest BCUT2D eigenvalue weighted by Crippen LogP contribution is -2.56. The van der Waals surface area contributed by atoms with Crippen LogP contribution in [-0.4, -0.2) is 99.4 Å². The van der Waals surface area contributed by atoms with Crippen molar-refractivity contribution in [2.75, 3.05) is 78.0 Å². The van der Waals surface area contributed by atoms with Crippen LogP contribution in [0.5, 0.6) is 0 Å². The summed E-state index contributed by atoms with van der Waals surface area (Å²) in [5, 5.41) is 6.97. The fourth-order valence-corrected chi connectivity index (χ4v) is 3.85. The fraction of sp³-hybridized carbons (Fsp3) is 0.714. The molecule has 1 aromatic rings. The van der Waals surface area contributed by atoms with E-state index in [9.17, 15) is 0 Å². The molecule has 3 rings (SSSR count). The van der Waals surface area contributed by atoms with E-state index in [0.717, 1.165) is 70.8 Å². The number of pyridine rings is 1. The van der Waals surface area contributed by atoms with Crippen molar-refractivity contribution in [3.63, 3.8) is 0 Å². The molecule has 1 aromatic heterocycles. The number of rotatable bonds is 6. The minimum absolute atomic E-state index is 0. The van der Waals surface area contributed by atoms with Crippen LogP contribution in [-0.2, 0) is 11.3 Å². The SMILES string of the molecule is CN=C(NCc1cccnc1N1CCN(C)CC1)NCC(C)(C)N1CCOCC1.I. The molecule has 2 aliphatic rings. The standard InChI is InChI=1S/C21H37N7O.HI/c1-21(2,28-12-14-29-15-13-28)17-25-20(22-3)24-16-18-6-5-7-23-19(18)27-10-8-26(4)9-11-27;/h5-7H,8-17H2,1-4H3,(H2,22,24,25);1H. The van der Waals surface area contributed by atoms with Gasteiger partial charge < -0.3 is 25.2 Å². The smallest absolute Gasteiger partial charge is 0.191 e. The molecule has 0 radical (unpaired) electrons. The van der Waals surface area contributed by atoms with Crippen LogP contribution in [0, 0.1) is 0 Å². The van der Waals surface area contributed by atoms with E-state index < -0.39 is 0 Å². The third kappa shape index (κ3) is 6.93. The number of ether oxygens (including phenoxy) is 1. The van der Waals surface area contributed by atoms with E-state index in [1.165, 1.54) is 5.56 Å². The quantitative estimate of drug-likeness (QED) is 0.325. The van der Waals surface area contributed by atoms with Crippen molar-refractivity contribution in [2.24, 2.45) is 4.99 Å². The molecule has 170 valence electrons. The monoisotopic (exact) mass is 531 g/mol. The molecule has 0 aromatic carbocycles. The lowest BCUT2D eigenvalue weighted by Gasteiger charge is -2.41. The first-order valence-electron chi connectivity index (χ1n) is 10.6. The predicted octanol–water partition coefficient (Wildman–Crippen LogP) is 1.23. The zero-order chi connectivity index (χ0) is 20.7. The van der Waals surface area contributed by atoms with Crippen molar-refractivity contribution in [2.45, 2.75) is 25.9 Å². The van der Waals surface area contributed by atoms with Crippen LogP contribution >= 0.6 is 24.0 Å². The van der Waals surface area contributed by atoms with Crippen molar-refractivity contribution in [3.05, 3.63) is 23.9 Å². The van der Waals surface area contributed by atoms with Gasteiger partial charge in [-0.15, -0.1) is 24.0 Å². The molecule has 0 amide bonds. The normalized spacial score (nSPS) is 19.3. The number of guanidine groups is 1. The number of likely N-dealkylation sites (N-methyl/N-ethyl adjacent to an activating group) is 1. The highest BCUT2D eigenvalue weighted by Gasteiger charge is 2.28. The van der Waals surface area contributed by atoms with Gasteiger partial charge in [-0.05, 0) is 27.0 Å². The minimum atomic E-state index is 0. The molecule has 0 aliphatic carbocycles. The summed E-state index contributed by atoms with van der Waals surface area (Å²) in [6.07, 6.45) is 1.88. The zero-order valence-corrected chi connectivity index (χ0v) is 21.2. The van der Waals surface area contributed by atoms with Crippen LogP contribution in [0.25, 0.3) is 0 Å². The van der Waals surface area contributed by atoms with Gasteiger partial charge in [-0.3, -0.25) is 9.89 Å². The molecule has 9 heteroatoms. The van der Waals surface area contributed by atoms with Gasteiger partial charge >= 0.3 is 0 Å². The maximum atomic E-state index is 5.49. The minimum Gasteiger partial charge on any atom is -0.379 e. The summed E-state index contributed by atoms with van der Waals surface area (Å²) < 4.78 is 5.49. The van der Waals surface area contributed by atoms with Gasteiger partial charge in [0, 0.05) is 76.7 Å². The maximum absolute atomic E-state index is 5.49. The fourth-order valence-electron chi connectivity index (χ4n) is 3.85. The van der Waals surface area contributed by atoms with E-state index in [2.05, 4.69) is 62.3 Å². The van der Waals surface area contributed by atoms with Gasteiger partial charge in [0.1, 0.15) is 5.82 Å².